The Morgan fingerprint density at radius 3 is 2.56 bits per heavy atom. The maximum atomic E-state index is 11.2. The topological polar surface area (TPSA) is 85.1 Å². The zero-order chi connectivity index (χ0) is 11.8. The van der Waals surface area contributed by atoms with Gasteiger partial charge in [0.25, 0.3) is 0 Å². The van der Waals surface area contributed by atoms with Gasteiger partial charge >= 0.3 is 0 Å². The molecule has 16 heavy (non-hydrogen) atoms. The lowest BCUT2D eigenvalue weighted by Gasteiger charge is -2.33. The average molecular weight is 241 g/mol. The van der Waals surface area contributed by atoms with Crippen LogP contribution < -0.4 is 11.1 Å². The molecule has 0 bridgehead atoms. The van der Waals surface area contributed by atoms with Crippen LogP contribution in [0.2, 0.25) is 0 Å². The van der Waals surface area contributed by atoms with E-state index in [0.717, 1.165) is 24.8 Å². The van der Waals surface area contributed by atoms with Crippen molar-refractivity contribution in [3.05, 3.63) is 18.3 Å². The molecule has 0 unspecified atom stereocenters. The molecular weight excluding hydrogens is 226 g/mol. The van der Waals surface area contributed by atoms with Crippen molar-refractivity contribution in [2.75, 3.05) is 11.6 Å². The minimum absolute atomic E-state index is 0.100. The van der Waals surface area contributed by atoms with E-state index in [0.29, 0.717) is 12.1 Å². The van der Waals surface area contributed by atoms with Gasteiger partial charge in [-0.1, -0.05) is 0 Å². The first-order valence-electron chi connectivity index (χ1n) is 5.13. The molecule has 1 aliphatic rings. The maximum Gasteiger partial charge on any atom is 0.192 e. The van der Waals surface area contributed by atoms with Crippen LogP contribution in [-0.4, -0.2) is 31.7 Å². The smallest absolute Gasteiger partial charge is 0.192 e. The number of rotatable bonds is 3. The summed E-state index contributed by atoms with van der Waals surface area (Å²) in [5, 5.41) is 3.35. The number of sulfone groups is 1. The van der Waals surface area contributed by atoms with Gasteiger partial charge in [-0.3, -0.25) is 0 Å². The van der Waals surface area contributed by atoms with Crippen molar-refractivity contribution in [3.8, 4) is 0 Å². The van der Waals surface area contributed by atoms with Gasteiger partial charge in [-0.25, -0.2) is 13.4 Å². The number of nitrogens with two attached hydrogens (primary N) is 1. The quantitative estimate of drug-likeness (QED) is 0.799. The van der Waals surface area contributed by atoms with E-state index in [-0.39, 0.29) is 5.03 Å². The van der Waals surface area contributed by atoms with Gasteiger partial charge in [-0.15, -0.1) is 0 Å². The van der Waals surface area contributed by atoms with Gasteiger partial charge in [-0.2, -0.15) is 0 Å². The predicted octanol–water partition coefficient (Wildman–Crippen LogP) is 0.387. The second-order valence-corrected chi connectivity index (χ2v) is 6.19. The first-order chi connectivity index (χ1) is 7.45. The van der Waals surface area contributed by atoms with Crippen LogP contribution in [0.4, 0.5) is 5.69 Å². The Morgan fingerprint density at radius 2 is 2.12 bits per heavy atom. The van der Waals surface area contributed by atoms with Crippen molar-refractivity contribution in [1.82, 2.24) is 4.98 Å². The first kappa shape index (κ1) is 11.3. The molecule has 1 aliphatic carbocycles. The maximum absolute atomic E-state index is 11.2. The van der Waals surface area contributed by atoms with Crippen LogP contribution in [0, 0.1) is 0 Å². The van der Waals surface area contributed by atoms with Gasteiger partial charge in [0.2, 0.25) is 0 Å². The Balaban J connectivity index is 2.03. The summed E-state index contributed by atoms with van der Waals surface area (Å²) in [6.07, 6.45) is 4.59. The normalized spacial score (nSPS) is 24.9. The van der Waals surface area contributed by atoms with Gasteiger partial charge in [0.15, 0.2) is 14.9 Å². The number of nitrogens with zero attached hydrogens (tertiary/aromatic N) is 1. The molecule has 3 N–H and O–H groups in total. The fraction of sp³-hybridized carbons (Fsp3) is 0.500. The number of anilines is 1. The highest BCUT2D eigenvalue weighted by atomic mass is 32.2. The van der Waals surface area contributed by atoms with E-state index >= 15 is 0 Å². The lowest BCUT2D eigenvalue weighted by molar-refractivity contribution is 0.373. The number of hydrogen-bond acceptors (Lipinski definition) is 5. The highest BCUT2D eigenvalue weighted by molar-refractivity contribution is 7.90. The molecule has 0 saturated heterocycles. The van der Waals surface area contributed by atoms with Gasteiger partial charge in [-0.05, 0) is 25.0 Å². The summed E-state index contributed by atoms with van der Waals surface area (Å²) >= 11 is 0. The molecule has 88 valence electrons. The molecule has 2 rings (SSSR count). The molecule has 6 heteroatoms. The molecule has 0 atom stereocenters. The molecule has 0 aromatic carbocycles. The second-order valence-electron chi connectivity index (χ2n) is 4.23. The third-order valence-electron chi connectivity index (χ3n) is 2.66. The van der Waals surface area contributed by atoms with Crippen molar-refractivity contribution in [2.45, 2.75) is 30.0 Å². The Morgan fingerprint density at radius 1 is 1.44 bits per heavy atom. The Kier molecular flexibility index (Phi) is 2.86. The van der Waals surface area contributed by atoms with Crippen molar-refractivity contribution >= 4 is 15.5 Å². The Hall–Kier alpha value is -1.14. The van der Waals surface area contributed by atoms with Gasteiger partial charge in [0, 0.05) is 18.3 Å². The lowest BCUT2D eigenvalue weighted by atomic mass is 9.87. The number of nitrogens with one attached hydrogen (secondary N) is 1. The zero-order valence-electron chi connectivity index (χ0n) is 9.05. The van der Waals surface area contributed by atoms with E-state index in [1.165, 1.54) is 6.07 Å². The van der Waals surface area contributed by atoms with E-state index < -0.39 is 9.84 Å². The molecule has 0 aliphatic heterocycles. The third kappa shape index (κ3) is 2.51. The first-order valence-corrected chi connectivity index (χ1v) is 7.02. The van der Waals surface area contributed by atoms with Crippen molar-refractivity contribution in [2.24, 2.45) is 5.73 Å². The molecule has 1 aromatic rings. The summed E-state index contributed by atoms with van der Waals surface area (Å²) in [6, 6.07) is 3.92. The van der Waals surface area contributed by atoms with Gasteiger partial charge < -0.3 is 11.1 Å². The molecule has 0 amide bonds. The molecule has 1 fully saturated rings. The minimum atomic E-state index is -3.21. The number of hydrogen-bond donors (Lipinski definition) is 2. The fourth-order valence-electron chi connectivity index (χ4n) is 1.70. The molecule has 0 spiro atoms. The third-order valence-corrected chi connectivity index (χ3v) is 3.66. The van der Waals surface area contributed by atoms with Gasteiger partial charge in [0.1, 0.15) is 0 Å². The van der Waals surface area contributed by atoms with Crippen molar-refractivity contribution < 1.29 is 8.42 Å². The van der Waals surface area contributed by atoms with E-state index in [1.807, 2.05) is 0 Å². The SMILES string of the molecule is CS(=O)(=O)c1ccc(NC2CC(N)C2)cn1. The van der Waals surface area contributed by atoms with Crippen LogP contribution in [0.3, 0.4) is 0 Å². The van der Waals surface area contributed by atoms with E-state index in [9.17, 15) is 8.42 Å². The fourth-order valence-corrected chi connectivity index (χ4v) is 2.26. The number of pyridine rings is 1. The summed E-state index contributed by atoms with van der Waals surface area (Å²) in [6.45, 7) is 0. The zero-order valence-corrected chi connectivity index (χ0v) is 9.87. The molecule has 1 saturated carbocycles. The van der Waals surface area contributed by atoms with Gasteiger partial charge in [0.05, 0.1) is 11.9 Å². The highest BCUT2D eigenvalue weighted by Gasteiger charge is 2.25. The lowest BCUT2D eigenvalue weighted by Crippen LogP contribution is -2.44. The largest absolute Gasteiger partial charge is 0.381 e. The van der Waals surface area contributed by atoms with Crippen LogP contribution in [0.25, 0.3) is 0 Å². The van der Waals surface area contributed by atoms with Crippen LogP contribution in [0.5, 0.6) is 0 Å². The van der Waals surface area contributed by atoms with E-state index in [4.69, 9.17) is 5.73 Å². The van der Waals surface area contributed by atoms with Crippen LogP contribution in [0.15, 0.2) is 23.4 Å². The summed E-state index contributed by atoms with van der Waals surface area (Å²) < 4.78 is 22.4. The summed E-state index contributed by atoms with van der Waals surface area (Å²) in [5.41, 5.74) is 6.51. The molecule has 1 heterocycles. The van der Waals surface area contributed by atoms with Crippen LogP contribution in [0.1, 0.15) is 12.8 Å². The molecule has 1 aromatic heterocycles. The standard InChI is InChI=1S/C10H15N3O2S/c1-16(14,15)10-3-2-8(6-12-10)13-9-4-7(11)5-9/h2-3,6-7,9,13H,4-5,11H2,1H3. The monoisotopic (exact) mass is 241 g/mol. The average Bonchev–Trinajstić information content (AvgIpc) is 2.15. The Labute approximate surface area is 95.0 Å². The minimum Gasteiger partial charge on any atom is -0.381 e. The highest BCUT2D eigenvalue weighted by Crippen LogP contribution is 2.22. The molecular formula is C10H15N3O2S. The van der Waals surface area contributed by atoms with E-state index in [2.05, 4.69) is 10.3 Å². The predicted molar refractivity (Wildman–Crippen MR) is 62.0 cm³/mol. The summed E-state index contributed by atoms with van der Waals surface area (Å²) in [7, 11) is -3.21. The molecule has 5 nitrogen and oxygen atoms in total. The van der Waals surface area contributed by atoms with Crippen molar-refractivity contribution in [1.29, 1.82) is 0 Å². The Bertz CT molecular complexity index is 463. The molecule has 0 radical (unpaired) electrons. The van der Waals surface area contributed by atoms with Crippen molar-refractivity contribution in [3.63, 3.8) is 0 Å². The van der Waals surface area contributed by atoms with Crippen LogP contribution >= 0.6 is 0 Å². The summed E-state index contributed by atoms with van der Waals surface area (Å²) in [5.74, 6) is 0. The summed E-state index contributed by atoms with van der Waals surface area (Å²) in [4.78, 5) is 3.90. The van der Waals surface area contributed by atoms with E-state index in [1.54, 1.807) is 12.3 Å². The second kappa shape index (κ2) is 4.03. The van der Waals surface area contributed by atoms with Crippen LogP contribution in [-0.2, 0) is 9.84 Å². The number of aromatic nitrogens is 1.